The van der Waals surface area contributed by atoms with Gasteiger partial charge in [-0.3, -0.25) is 4.98 Å². The average molecular weight is 154 g/mol. The standard InChI is InChI=1S/C8H8ClN/c1-2-8-5-7(6-9)3-4-10-8/h2-5H,1,6H2. The van der Waals surface area contributed by atoms with Crippen LogP contribution in [-0.4, -0.2) is 4.98 Å². The maximum atomic E-state index is 5.59. The third kappa shape index (κ3) is 1.58. The number of rotatable bonds is 2. The molecule has 1 rings (SSSR count). The van der Waals surface area contributed by atoms with Crippen LogP contribution >= 0.6 is 11.6 Å². The lowest BCUT2D eigenvalue weighted by molar-refractivity contribution is 1.24. The van der Waals surface area contributed by atoms with Gasteiger partial charge in [0.1, 0.15) is 0 Å². The highest BCUT2D eigenvalue weighted by Crippen LogP contribution is 2.04. The number of nitrogens with zero attached hydrogens (tertiary/aromatic N) is 1. The fourth-order valence-electron chi connectivity index (χ4n) is 0.689. The Kier molecular flexibility index (Phi) is 2.46. The van der Waals surface area contributed by atoms with Gasteiger partial charge in [0, 0.05) is 12.1 Å². The zero-order valence-corrected chi connectivity index (χ0v) is 6.30. The molecule has 0 saturated heterocycles. The van der Waals surface area contributed by atoms with E-state index in [1.165, 1.54) is 0 Å². The van der Waals surface area contributed by atoms with Gasteiger partial charge in [0.15, 0.2) is 0 Å². The molecule has 0 aliphatic heterocycles. The number of pyridine rings is 1. The van der Waals surface area contributed by atoms with E-state index in [2.05, 4.69) is 11.6 Å². The molecule has 0 fully saturated rings. The Morgan fingerprint density at radius 3 is 3.10 bits per heavy atom. The molecule has 0 aromatic carbocycles. The molecular formula is C8H8ClN. The number of hydrogen-bond donors (Lipinski definition) is 0. The summed E-state index contributed by atoms with van der Waals surface area (Å²) >= 11 is 5.59. The largest absolute Gasteiger partial charge is 0.257 e. The van der Waals surface area contributed by atoms with E-state index < -0.39 is 0 Å². The Morgan fingerprint density at radius 1 is 1.70 bits per heavy atom. The van der Waals surface area contributed by atoms with Gasteiger partial charge < -0.3 is 0 Å². The second-order valence-electron chi connectivity index (χ2n) is 1.93. The van der Waals surface area contributed by atoms with E-state index >= 15 is 0 Å². The van der Waals surface area contributed by atoms with Gasteiger partial charge in [0.25, 0.3) is 0 Å². The molecule has 0 bridgehead atoms. The lowest BCUT2D eigenvalue weighted by atomic mass is 10.2. The minimum absolute atomic E-state index is 0.531. The second-order valence-corrected chi connectivity index (χ2v) is 2.19. The Balaban J connectivity index is 2.98. The van der Waals surface area contributed by atoms with Gasteiger partial charge in [-0.2, -0.15) is 0 Å². The van der Waals surface area contributed by atoms with Crippen LogP contribution in [0.4, 0.5) is 0 Å². The summed E-state index contributed by atoms with van der Waals surface area (Å²) in [6.07, 6.45) is 3.44. The van der Waals surface area contributed by atoms with Crippen LogP contribution in [0.5, 0.6) is 0 Å². The average Bonchev–Trinajstić information content (AvgIpc) is 2.05. The smallest absolute Gasteiger partial charge is 0.0626 e. The van der Waals surface area contributed by atoms with Crippen LogP contribution in [0.3, 0.4) is 0 Å². The van der Waals surface area contributed by atoms with Crippen LogP contribution in [-0.2, 0) is 5.88 Å². The van der Waals surface area contributed by atoms with E-state index in [-0.39, 0.29) is 0 Å². The molecule has 0 N–H and O–H groups in total. The summed E-state index contributed by atoms with van der Waals surface area (Å²) in [7, 11) is 0. The molecule has 0 atom stereocenters. The van der Waals surface area contributed by atoms with Gasteiger partial charge in [0.2, 0.25) is 0 Å². The summed E-state index contributed by atoms with van der Waals surface area (Å²) in [4.78, 5) is 4.03. The quantitative estimate of drug-likeness (QED) is 0.595. The Hall–Kier alpha value is -0.820. The van der Waals surface area contributed by atoms with Crippen molar-refractivity contribution < 1.29 is 0 Å². The summed E-state index contributed by atoms with van der Waals surface area (Å²) in [5, 5.41) is 0. The lowest BCUT2D eigenvalue weighted by Gasteiger charge is -1.94. The summed E-state index contributed by atoms with van der Waals surface area (Å²) in [5.41, 5.74) is 1.95. The zero-order chi connectivity index (χ0) is 7.40. The van der Waals surface area contributed by atoms with Crippen molar-refractivity contribution in [1.29, 1.82) is 0 Å². The third-order valence-corrected chi connectivity index (χ3v) is 1.52. The Labute approximate surface area is 65.4 Å². The van der Waals surface area contributed by atoms with Gasteiger partial charge in [-0.25, -0.2) is 0 Å². The van der Waals surface area contributed by atoms with Crippen LogP contribution in [0.1, 0.15) is 11.3 Å². The number of aromatic nitrogens is 1. The monoisotopic (exact) mass is 153 g/mol. The van der Waals surface area contributed by atoms with Gasteiger partial charge in [0.05, 0.1) is 5.69 Å². The van der Waals surface area contributed by atoms with Crippen LogP contribution < -0.4 is 0 Å². The van der Waals surface area contributed by atoms with Gasteiger partial charge in [-0.15, -0.1) is 11.6 Å². The van der Waals surface area contributed by atoms with Crippen molar-refractivity contribution in [2.24, 2.45) is 0 Å². The predicted molar refractivity (Wildman–Crippen MR) is 43.9 cm³/mol. The molecule has 1 heterocycles. The molecule has 10 heavy (non-hydrogen) atoms. The third-order valence-electron chi connectivity index (χ3n) is 1.21. The first-order valence-electron chi connectivity index (χ1n) is 3.00. The molecule has 52 valence electrons. The fourth-order valence-corrected chi connectivity index (χ4v) is 0.855. The number of halogens is 1. The van der Waals surface area contributed by atoms with Gasteiger partial charge >= 0.3 is 0 Å². The Morgan fingerprint density at radius 2 is 2.50 bits per heavy atom. The summed E-state index contributed by atoms with van der Waals surface area (Å²) in [6.45, 7) is 3.60. The molecule has 1 aromatic heterocycles. The maximum Gasteiger partial charge on any atom is 0.0626 e. The fraction of sp³-hybridized carbons (Fsp3) is 0.125. The topological polar surface area (TPSA) is 12.9 Å². The molecular weight excluding hydrogens is 146 g/mol. The van der Waals surface area contributed by atoms with E-state index in [9.17, 15) is 0 Å². The molecule has 0 spiro atoms. The first kappa shape index (κ1) is 7.29. The minimum atomic E-state index is 0.531. The van der Waals surface area contributed by atoms with Crippen LogP contribution in [0.15, 0.2) is 24.9 Å². The molecule has 0 saturated carbocycles. The molecule has 0 unspecified atom stereocenters. The molecule has 0 radical (unpaired) electrons. The SMILES string of the molecule is C=Cc1cc(CCl)ccn1. The first-order valence-corrected chi connectivity index (χ1v) is 3.53. The highest BCUT2D eigenvalue weighted by molar-refractivity contribution is 6.17. The van der Waals surface area contributed by atoms with Crippen molar-refractivity contribution in [3.05, 3.63) is 36.2 Å². The first-order chi connectivity index (χ1) is 4.86. The highest BCUT2D eigenvalue weighted by atomic mass is 35.5. The van der Waals surface area contributed by atoms with Crippen molar-refractivity contribution >= 4 is 17.7 Å². The highest BCUT2D eigenvalue weighted by Gasteiger charge is 1.90. The zero-order valence-electron chi connectivity index (χ0n) is 5.55. The van der Waals surface area contributed by atoms with E-state index in [4.69, 9.17) is 11.6 Å². The van der Waals surface area contributed by atoms with Gasteiger partial charge in [-0.1, -0.05) is 6.58 Å². The van der Waals surface area contributed by atoms with E-state index in [1.54, 1.807) is 12.3 Å². The molecule has 0 amide bonds. The number of hydrogen-bond acceptors (Lipinski definition) is 1. The van der Waals surface area contributed by atoms with Crippen LogP contribution in [0, 0.1) is 0 Å². The van der Waals surface area contributed by atoms with E-state index in [0.717, 1.165) is 11.3 Å². The van der Waals surface area contributed by atoms with Gasteiger partial charge in [-0.05, 0) is 23.8 Å². The maximum absolute atomic E-state index is 5.59. The van der Waals surface area contributed by atoms with Crippen LogP contribution in [0.25, 0.3) is 6.08 Å². The summed E-state index contributed by atoms with van der Waals surface area (Å²) < 4.78 is 0. The normalized spacial score (nSPS) is 9.30. The van der Waals surface area contributed by atoms with Crippen molar-refractivity contribution in [3.63, 3.8) is 0 Å². The predicted octanol–water partition coefficient (Wildman–Crippen LogP) is 2.46. The van der Waals surface area contributed by atoms with E-state index in [1.807, 2.05) is 12.1 Å². The molecule has 0 aliphatic rings. The van der Waals surface area contributed by atoms with Crippen molar-refractivity contribution in [3.8, 4) is 0 Å². The van der Waals surface area contributed by atoms with E-state index in [0.29, 0.717) is 5.88 Å². The second kappa shape index (κ2) is 3.37. The minimum Gasteiger partial charge on any atom is -0.257 e. The molecule has 0 aliphatic carbocycles. The molecule has 1 nitrogen and oxygen atoms in total. The summed E-state index contributed by atoms with van der Waals surface area (Å²) in [5.74, 6) is 0.531. The van der Waals surface area contributed by atoms with Crippen molar-refractivity contribution in [2.45, 2.75) is 5.88 Å². The summed E-state index contributed by atoms with van der Waals surface area (Å²) in [6, 6.07) is 3.81. The lowest BCUT2D eigenvalue weighted by Crippen LogP contribution is -1.82. The van der Waals surface area contributed by atoms with Crippen LogP contribution in [0.2, 0.25) is 0 Å². The Bertz CT molecular complexity index is 232. The molecule has 2 heteroatoms. The molecule has 1 aromatic rings. The van der Waals surface area contributed by atoms with Crippen molar-refractivity contribution in [2.75, 3.05) is 0 Å². The van der Waals surface area contributed by atoms with Crippen molar-refractivity contribution in [1.82, 2.24) is 4.98 Å². The number of alkyl halides is 1.